The fourth-order valence-corrected chi connectivity index (χ4v) is 1.22. The van der Waals surface area contributed by atoms with E-state index in [1.54, 1.807) is 12.3 Å². The molecule has 4 heteroatoms. The van der Waals surface area contributed by atoms with Crippen LogP contribution in [0.3, 0.4) is 0 Å². The summed E-state index contributed by atoms with van der Waals surface area (Å²) in [5.41, 5.74) is 0. The number of hydrogen-bond acceptors (Lipinski definition) is 2. The summed E-state index contributed by atoms with van der Waals surface area (Å²) in [4.78, 5) is 11.0. The number of ether oxygens (including phenoxy) is 1. The molecule has 2 amide bonds. The van der Waals surface area contributed by atoms with Crippen molar-refractivity contribution in [1.29, 1.82) is 0 Å². The van der Waals surface area contributed by atoms with Crippen LogP contribution in [0.1, 0.15) is 19.8 Å². The van der Waals surface area contributed by atoms with Crippen LogP contribution in [0, 0.1) is 0 Å². The summed E-state index contributed by atoms with van der Waals surface area (Å²) in [5.74, 6) is 0. The molecule has 4 nitrogen and oxygen atoms in total. The van der Waals surface area contributed by atoms with E-state index >= 15 is 0 Å². The number of hydrogen-bond donors (Lipinski definition) is 2. The lowest BCUT2D eigenvalue weighted by atomic mass is 10.2. The van der Waals surface area contributed by atoms with Gasteiger partial charge >= 0.3 is 6.03 Å². The molecule has 1 aliphatic heterocycles. The van der Waals surface area contributed by atoms with Gasteiger partial charge in [-0.15, -0.1) is 0 Å². The van der Waals surface area contributed by atoms with E-state index in [1.807, 2.05) is 6.92 Å². The molecule has 1 aliphatic rings. The summed E-state index contributed by atoms with van der Waals surface area (Å²) in [7, 11) is 0. The van der Waals surface area contributed by atoms with Gasteiger partial charge in [-0.3, -0.25) is 0 Å². The Balaban J connectivity index is 2.07. The molecule has 0 aromatic rings. The normalized spacial score (nSPS) is 22.1. The molecule has 0 bridgehead atoms. The van der Waals surface area contributed by atoms with Crippen molar-refractivity contribution in [1.82, 2.24) is 10.6 Å². The summed E-state index contributed by atoms with van der Waals surface area (Å²) in [6.07, 6.45) is 5.72. The van der Waals surface area contributed by atoms with Crippen LogP contribution in [0.2, 0.25) is 0 Å². The molecule has 0 radical (unpaired) electrons. The van der Waals surface area contributed by atoms with Crippen molar-refractivity contribution in [2.75, 3.05) is 13.2 Å². The predicted molar refractivity (Wildman–Crippen MR) is 50.3 cm³/mol. The van der Waals surface area contributed by atoms with Crippen LogP contribution in [0.15, 0.2) is 12.3 Å². The first kappa shape index (κ1) is 10.1. The molecule has 0 aromatic heterocycles. The van der Waals surface area contributed by atoms with Gasteiger partial charge in [0.15, 0.2) is 0 Å². The van der Waals surface area contributed by atoms with Gasteiger partial charge in [0.2, 0.25) is 0 Å². The van der Waals surface area contributed by atoms with Gasteiger partial charge in [0.1, 0.15) is 0 Å². The lowest BCUT2D eigenvalue weighted by Gasteiger charge is -2.09. The molecule has 1 fully saturated rings. The first-order valence-electron chi connectivity index (χ1n) is 4.60. The number of rotatable bonds is 3. The summed E-state index contributed by atoms with van der Waals surface area (Å²) in [5, 5.41) is 5.30. The molecule has 13 heavy (non-hydrogen) atoms. The maximum absolute atomic E-state index is 11.0. The Hall–Kier alpha value is -1.03. The van der Waals surface area contributed by atoms with Crippen LogP contribution < -0.4 is 10.6 Å². The van der Waals surface area contributed by atoms with Gasteiger partial charge in [0.05, 0.1) is 6.10 Å². The molecule has 1 saturated heterocycles. The van der Waals surface area contributed by atoms with Crippen molar-refractivity contribution in [2.45, 2.75) is 25.9 Å². The molecular weight excluding hydrogens is 168 g/mol. The molecule has 1 heterocycles. The fraction of sp³-hybridized carbons (Fsp3) is 0.667. The Morgan fingerprint density at radius 3 is 3.15 bits per heavy atom. The molecule has 1 atom stereocenters. The van der Waals surface area contributed by atoms with Crippen LogP contribution in [0.4, 0.5) is 4.79 Å². The van der Waals surface area contributed by atoms with E-state index in [4.69, 9.17) is 4.74 Å². The third kappa shape index (κ3) is 3.94. The van der Waals surface area contributed by atoms with Gasteiger partial charge < -0.3 is 15.4 Å². The molecule has 0 spiro atoms. The standard InChI is InChI=1S/C9H16N2O2/c1-2-5-10-9(12)11-7-8-4-3-6-13-8/h2,5,8H,3-4,6-7H2,1H3,(H2,10,11,12)/b5-2+. The Morgan fingerprint density at radius 1 is 1.69 bits per heavy atom. The fourth-order valence-electron chi connectivity index (χ4n) is 1.22. The zero-order valence-corrected chi connectivity index (χ0v) is 7.88. The summed E-state index contributed by atoms with van der Waals surface area (Å²) < 4.78 is 5.35. The van der Waals surface area contributed by atoms with Gasteiger partial charge in [0.25, 0.3) is 0 Å². The smallest absolute Gasteiger partial charge is 0.318 e. The Morgan fingerprint density at radius 2 is 2.54 bits per heavy atom. The topological polar surface area (TPSA) is 50.4 Å². The maximum atomic E-state index is 11.0. The van der Waals surface area contributed by atoms with E-state index in [2.05, 4.69) is 10.6 Å². The van der Waals surface area contributed by atoms with Crippen LogP contribution >= 0.6 is 0 Å². The van der Waals surface area contributed by atoms with Crippen molar-refractivity contribution in [3.05, 3.63) is 12.3 Å². The van der Waals surface area contributed by atoms with Crippen molar-refractivity contribution < 1.29 is 9.53 Å². The Labute approximate surface area is 78.3 Å². The highest BCUT2D eigenvalue weighted by molar-refractivity contribution is 5.74. The molecule has 0 aliphatic carbocycles. The Bertz CT molecular complexity index is 186. The third-order valence-corrected chi connectivity index (χ3v) is 1.90. The van der Waals surface area contributed by atoms with Crippen molar-refractivity contribution >= 4 is 6.03 Å². The third-order valence-electron chi connectivity index (χ3n) is 1.90. The van der Waals surface area contributed by atoms with Gasteiger partial charge in [-0.05, 0) is 19.8 Å². The van der Waals surface area contributed by atoms with E-state index in [0.717, 1.165) is 19.4 Å². The molecular formula is C9H16N2O2. The minimum atomic E-state index is -0.173. The van der Waals surface area contributed by atoms with E-state index in [-0.39, 0.29) is 12.1 Å². The average Bonchev–Trinajstić information content (AvgIpc) is 2.64. The molecule has 1 rings (SSSR count). The van der Waals surface area contributed by atoms with E-state index < -0.39 is 0 Å². The van der Waals surface area contributed by atoms with Crippen molar-refractivity contribution in [3.63, 3.8) is 0 Å². The monoisotopic (exact) mass is 184 g/mol. The van der Waals surface area contributed by atoms with Gasteiger partial charge in [-0.1, -0.05) is 6.08 Å². The molecule has 0 aromatic carbocycles. The number of carbonyl (C=O) groups excluding carboxylic acids is 1. The zero-order valence-electron chi connectivity index (χ0n) is 7.88. The highest BCUT2D eigenvalue weighted by Gasteiger charge is 2.15. The minimum absolute atomic E-state index is 0.173. The maximum Gasteiger partial charge on any atom is 0.318 e. The second-order valence-corrected chi connectivity index (χ2v) is 2.99. The van der Waals surface area contributed by atoms with E-state index in [9.17, 15) is 4.79 Å². The number of carbonyl (C=O) groups is 1. The molecule has 1 unspecified atom stereocenters. The predicted octanol–water partition coefficient (Wildman–Crippen LogP) is 0.998. The second kappa shape index (κ2) is 5.59. The van der Waals surface area contributed by atoms with Crippen LogP contribution in [0.5, 0.6) is 0 Å². The average molecular weight is 184 g/mol. The number of allylic oxidation sites excluding steroid dienone is 1. The number of nitrogens with one attached hydrogen (secondary N) is 2. The van der Waals surface area contributed by atoms with Gasteiger partial charge in [-0.25, -0.2) is 4.79 Å². The highest BCUT2D eigenvalue weighted by Crippen LogP contribution is 2.10. The zero-order chi connectivity index (χ0) is 9.52. The first-order valence-corrected chi connectivity index (χ1v) is 4.60. The number of amides is 2. The summed E-state index contributed by atoms with van der Waals surface area (Å²) in [6, 6.07) is -0.173. The van der Waals surface area contributed by atoms with Crippen molar-refractivity contribution in [2.24, 2.45) is 0 Å². The number of urea groups is 1. The van der Waals surface area contributed by atoms with Crippen LogP contribution in [-0.4, -0.2) is 25.3 Å². The SMILES string of the molecule is C/C=C/NC(=O)NCC1CCCO1. The quantitative estimate of drug-likeness (QED) is 0.687. The van der Waals surface area contributed by atoms with Crippen molar-refractivity contribution in [3.8, 4) is 0 Å². The van der Waals surface area contributed by atoms with E-state index in [0.29, 0.717) is 6.54 Å². The lowest BCUT2D eigenvalue weighted by Crippen LogP contribution is -2.37. The van der Waals surface area contributed by atoms with Gasteiger partial charge in [0, 0.05) is 19.4 Å². The Kier molecular flexibility index (Phi) is 4.32. The van der Waals surface area contributed by atoms with Crippen LogP contribution in [-0.2, 0) is 4.74 Å². The second-order valence-electron chi connectivity index (χ2n) is 2.99. The van der Waals surface area contributed by atoms with Gasteiger partial charge in [-0.2, -0.15) is 0 Å². The van der Waals surface area contributed by atoms with E-state index in [1.165, 1.54) is 0 Å². The summed E-state index contributed by atoms with van der Waals surface area (Å²) in [6.45, 7) is 3.27. The lowest BCUT2D eigenvalue weighted by molar-refractivity contribution is 0.111. The van der Waals surface area contributed by atoms with Crippen LogP contribution in [0.25, 0.3) is 0 Å². The first-order chi connectivity index (χ1) is 6.33. The molecule has 74 valence electrons. The largest absolute Gasteiger partial charge is 0.376 e. The summed E-state index contributed by atoms with van der Waals surface area (Å²) >= 11 is 0. The minimum Gasteiger partial charge on any atom is -0.376 e. The molecule has 2 N–H and O–H groups in total. The molecule has 0 saturated carbocycles. The highest BCUT2D eigenvalue weighted by atomic mass is 16.5.